The molecule has 0 fully saturated rings. The molecule has 0 spiro atoms. The summed E-state index contributed by atoms with van der Waals surface area (Å²) in [7, 11) is -1.08. The quantitative estimate of drug-likeness (QED) is 0.726. The molecule has 9 nitrogen and oxygen atoms in total. The highest BCUT2D eigenvalue weighted by molar-refractivity contribution is 7.71. The zero-order valence-corrected chi connectivity index (χ0v) is 14.0. The molecule has 2 aromatic rings. The van der Waals surface area contributed by atoms with Gasteiger partial charge < -0.3 is 4.74 Å². The summed E-state index contributed by atoms with van der Waals surface area (Å²) in [5.74, 6) is -0.431. The van der Waals surface area contributed by atoms with Crippen LogP contribution in [0.1, 0.15) is 22.8 Å². The van der Waals surface area contributed by atoms with Crippen molar-refractivity contribution in [1.29, 1.82) is 0 Å². The summed E-state index contributed by atoms with van der Waals surface area (Å²) in [5, 5.41) is 13.2. The predicted octanol–water partition coefficient (Wildman–Crippen LogP) is 0.626. The number of halogens is 1. The second-order valence-electron chi connectivity index (χ2n) is 4.42. The minimum atomic E-state index is -2.65. The summed E-state index contributed by atoms with van der Waals surface area (Å²) in [4.78, 5) is 12.3. The van der Waals surface area contributed by atoms with Crippen LogP contribution < -0.4 is 10.1 Å². The van der Waals surface area contributed by atoms with E-state index >= 15 is 0 Å². The number of aryl methyl sites for hydroxylation is 1. The Bertz CT molecular complexity index is 797. The van der Waals surface area contributed by atoms with Crippen molar-refractivity contribution in [3.63, 3.8) is 0 Å². The molecule has 124 valence electrons. The summed E-state index contributed by atoms with van der Waals surface area (Å²) in [6.45, 7) is 2.01. The van der Waals surface area contributed by atoms with Crippen molar-refractivity contribution in [2.45, 2.75) is 12.7 Å². The normalized spacial score (nSPS) is 10.8. The third kappa shape index (κ3) is 3.96. The van der Waals surface area contributed by atoms with Gasteiger partial charge >= 0.3 is 0 Å². The molecule has 0 saturated heterocycles. The van der Waals surface area contributed by atoms with Gasteiger partial charge in [0.25, 0.3) is 5.91 Å². The van der Waals surface area contributed by atoms with Crippen LogP contribution in [0.25, 0.3) is 0 Å². The molecule has 0 atom stereocenters. The van der Waals surface area contributed by atoms with Crippen molar-refractivity contribution < 1.29 is 17.9 Å². The lowest BCUT2D eigenvalue weighted by Crippen LogP contribution is -2.16. The molecule has 1 aromatic heterocycles. The minimum absolute atomic E-state index is 0.0360. The molecule has 1 N–H and O–H groups in total. The highest BCUT2D eigenvalue weighted by Gasteiger charge is 2.19. The van der Waals surface area contributed by atoms with Gasteiger partial charge in [-0.15, -0.1) is 0 Å². The number of rotatable bonds is 6. The second-order valence-corrected chi connectivity index (χ2v) is 5.78. The number of benzene rings is 1. The maximum atomic E-state index is 12.3. The number of nitrogens with zero attached hydrogens (tertiary/aromatic N) is 4. The van der Waals surface area contributed by atoms with E-state index in [0.29, 0.717) is 5.56 Å². The number of nitrogens with one attached hydrogen (secondary N) is 1. The molecule has 2 rings (SSSR count). The van der Waals surface area contributed by atoms with Gasteiger partial charge in [0.2, 0.25) is 5.95 Å². The fourth-order valence-corrected chi connectivity index (χ4v) is 2.69. The molecule has 1 heterocycles. The Morgan fingerprint density at radius 3 is 2.74 bits per heavy atom. The van der Waals surface area contributed by atoms with Crippen molar-refractivity contribution >= 4 is 34.2 Å². The number of hydrogen-bond acceptors (Lipinski definition) is 7. The maximum Gasteiger partial charge on any atom is 0.259 e. The van der Waals surface area contributed by atoms with Gasteiger partial charge in [0.1, 0.15) is 16.5 Å². The number of amides is 1. The molecular formula is C12H14ClN5O4S. The first-order chi connectivity index (χ1) is 10.9. The van der Waals surface area contributed by atoms with Gasteiger partial charge in [-0.05, 0) is 23.4 Å². The minimum Gasteiger partial charge on any atom is -0.492 e. The van der Waals surface area contributed by atoms with Crippen LogP contribution in [0, 0.1) is 0 Å². The van der Waals surface area contributed by atoms with Crippen molar-refractivity contribution in [2.75, 3.05) is 11.9 Å². The molecule has 0 aliphatic carbocycles. The predicted molar refractivity (Wildman–Crippen MR) is 83.4 cm³/mol. The van der Waals surface area contributed by atoms with Crippen LogP contribution >= 0.6 is 11.6 Å². The van der Waals surface area contributed by atoms with Crippen molar-refractivity contribution in [1.82, 2.24) is 20.2 Å². The second kappa shape index (κ2) is 7.38. The van der Waals surface area contributed by atoms with Gasteiger partial charge in [-0.1, -0.05) is 22.8 Å². The summed E-state index contributed by atoms with van der Waals surface area (Å²) < 4.78 is 28.6. The van der Waals surface area contributed by atoms with E-state index in [0.717, 1.165) is 0 Å². The summed E-state index contributed by atoms with van der Waals surface area (Å²) in [6, 6.07) is 2.92. The number of carbonyl (C=O) groups excluding carboxylic acids is 1. The molecule has 0 aliphatic heterocycles. The van der Waals surface area contributed by atoms with Crippen LogP contribution in [0.2, 0.25) is 5.02 Å². The van der Waals surface area contributed by atoms with Gasteiger partial charge in [0, 0.05) is 12.6 Å². The molecule has 0 unspecified atom stereocenters. The van der Waals surface area contributed by atoms with Gasteiger partial charge in [-0.2, -0.15) is 0 Å². The van der Waals surface area contributed by atoms with E-state index < -0.39 is 16.6 Å². The lowest BCUT2D eigenvalue weighted by molar-refractivity contribution is 0.102. The van der Waals surface area contributed by atoms with Crippen LogP contribution in [0.15, 0.2) is 12.1 Å². The fourth-order valence-electron chi connectivity index (χ4n) is 1.84. The number of carbonyl (C=O) groups is 1. The molecule has 0 aliphatic rings. The molecule has 23 heavy (non-hydrogen) atoms. The largest absolute Gasteiger partial charge is 0.492 e. The molecule has 0 radical (unpaired) electrons. The average molecular weight is 360 g/mol. The van der Waals surface area contributed by atoms with E-state index in [4.69, 9.17) is 16.3 Å². The SMILES string of the molecule is CCOc1c(C[SH](=O)=O)ccc(C(=O)Nc2nnnn2C)c1Cl. The Kier molecular flexibility index (Phi) is 5.50. The highest BCUT2D eigenvalue weighted by atomic mass is 35.5. The van der Waals surface area contributed by atoms with Crippen LogP contribution in [-0.4, -0.2) is 41.1 Å². The van der Waals surface area contributed by atoms with Gasteiger partial charge in [0.15, 0.2) is 0 Å². The molecule has 1 amide bonds. The summed E-state index contributed by atoms with van der Waals surface area (Å²) in [6.07, 6.45) is 0. The monoisotopic (exact) mass is 359 g/mol. The number of thiol groups is 1. The van der Waals surface area contributed by atoms with E-state index in [9.17, 15) is 13.2 Å². The van der Waals surface area contributed by atoms with Crippen LogP contribution in [0.5, 0.6) is 5.75 Å². The number of tetrazole rings is 1. The number of hydrogen-bond donors (Lipinski definition) is 2. The molecular weight excluding hydrogens is 346 g/mol. The van der Waals surface area contributed by atoms with Gasteiger partial charge in [0.05, 0.1) is 22.9 Å². The topological polar surface area (TPSA) is 116 Å². The van der Waals surface area contributed by atoms with Crippen molar-refractivity contribution in [3.05, 3.63) is 28.3 Å². The van der Waals surface area contributed by atoms with E-state index in [-0.39, 0.29) is 34.6 Å². The lowest BCUT2D eigenvalue weighted by atomic mass is 10.1. The summed E-state index contributed by atoms with van der Waals surface area (Å²) in [5.41, 5.74) is 0.521. The number of anilines is 1. The third-order valence-electron chi connectivity index (χ3n) is 2.86. The Morgan fingerprint density at radius 1 is 1.43 bits per heavy atom. The number of aromatic nitrogens is 4. The smallest absolute Gasteiger partial charge is 0.259 e. The first-order valence-electron chi connectivity index (χ1n) is 6.53. The molecule has 0 bridgehead atoms. The van der Waals surface area contributed by atoms with Gasteiger partial charge in [-0.25, -0.2) is 13.1 Å². The lowest BCUT2D eigenvalue weighted by Gasteiger charge is -2.13. The van der Waals surface area contributed by atoms with E-state index in [1.165, 1.54) is 16.8 Å². The average Bonchev–Trinajstić information content (AvgIpc) is 2.87. The molecule has 0 saturated carbocycles. The van der Waals surface area contributed by atoms with Crippen LogP contribution in [-0.2, 0) is 23.5 Å². The molecule has 1 aromatic carbocycles. The van der Waals surface area contributed by atoms with Gasteiger partial charge in [-0.3, -0.25) is 10.1 Å². The standard InChI is InChI=1S/C12H14ClN5O4S/c1-3-22-10-7(6-23(20)21)4-5-8(9(10)13)11(19)14-12-15-16-17-18(12)2/h4-5,23H,3,6H2,1-2H3,(H,14,15,17,19). The molecule has 11 heteroatoms. The highest BCUT2D eigenvalue weighted by Crippen LogP contribution is 2.33. The van der Waals surface area contributed by atoms with Crippen molar-refractivity contribution in [2.24, 2.45) is 7.05 Å². The Balaban J connectivity index is 2.37. The first-order valence-corrected chi connectivity index (χ1v) is 8.27. The first kappa shape index (κ1) is 17.2. The Hall–Kier alpha value is -2.20. The maximum absolute atomic E-state index is 12.3. The zero-order valence-electron chi connectivity index (χ0n) is 12.3. The Morgan fingerprint density at radius 2 is 2.17 bits per heavy atom. The zero-order chi connectivity index (χ0) is 17.0. The summed E-state index contributed by atoms with van der Waals surface area (Å²) >= 11 is 6.21. The van der Waals surface area contributed by atoms with Crippen LogP contribution in [0.3, 0.4) is 0 Å². The fraction of sp³-hybridized carbons (Fsp3) is 0.333. The number of ether oxygens (including phenoxy) is 1. The van der Waals surface area contributed by atoms with E-state index in [2.05, 4.69) is 20.8 Å². The Labute approximate surface area is 138 Å². The third-order valence-corrected chi connectivity index (χ3v) is 3.83. The van der Waals surface area contributed by atoms with E-state index in [1.54, 1.807) is 14.0 Å². The van der Waals surface area contributed by atoms with Crippen molar-refractivity contribution in [3.8, 4) is 5.75 Å². The van der Waals surface area contributed by atoms with Crippen LogP contribution in [0.4, 0.5) is 5.95 Å². The van der Waals surface area contributed by atoms with E-state index in [1.807, 2.05) is 0 Å².